The number of hydrogen-bond donors (Lipinski definition) is 1. The molecule has 1 amide bonds. The second kappa shape index (κ2) is 11.9. The highest BCUT2D eigenvalue weighted by Crippen LogP contribution is 2.35. The van der Waals surface area contributed by atoms with Crippen LogP contribution in [0.4, 0.5) is 0 Å². The van der Waals surface area contributed by atoms with Gasteiger partial charge < -0.3 is 24.1 Å². The van der Waals surface area contributed by atoms with E-state index in [0.29, 0.717) is 30.9 Å². The molecule has 4 rings (SSSR count). The number of amides is 1. The van der Waals surface area contributed by atoms with Gasteiger partial charge in [-0.25, -0.2) is 0 Å². The van der Waals surface area contributed by atoms with Crippen molar-refractivity contribution in [2.45, 2.75) is 45.3 Å². The number of aromatic nitrogens is 3. The van der Waals surface area contributed by atoms with Crippen LogP contribution in [-0.4, -0.2) is 60.0 Å². The van der Waals surface area contributed by atoms with Crippen LogP contribution < -0.4 is 19.5 Å². The number of hydrogen-bond acceptors (Lipinski definition) is 7. The zero-order chi connectivity index (χ0) is 25.5. The maximum atomic E-state index is 12.6. The molecule has 1 N–H and O–H groups in total. The molecule has 0 fully saturated rings. The van der Waals surface area contributed by atoms with Crippen molar-refractivity contribution in [2.75, 3.05) is 34.4 Å². The summed E-state index contributed by atoms with van der Waals surface area (Å²) in [5.74, 6) is 3.84. The highest BCUT2D eigenvalue weighted by atomic mass is 16.5. The summed E-state index contributed by atoms with van der Waals surface area (Å²) in [6.07, 6.45) is 1.93. The SMILES string of the molecule is COc1cc(OC)c(OC)cc1CN1CCc2nnc(C(C)NC(=O)CCc3ccccc3)n2CC1. The Bertz CT molecular complexity index is 1160. The first kappa shape index (κ1) is 25.5. The van der Waals surface area contributed by atoms with E-state index in [4.69, 9.17) is 14.2 Å². The van der Waals surface area contributed by atoms with Crippen LogP contribution >= 0.6 is 0 Å². The number of ether oxygens (including phenoxy) is 3. The molecule has 1 aliphatic heterocycles. The number of benzene rings is 2. The zero-order valence-electron chi connectivity index (χ0n) is 21.5. The van der Waals surface area contributed by atoms with Gasteiger partial charge in [0.2, 0.25) is 5.91 Å². The van der Waals surface area contributed by atoms with E-state index in [9.17, 15) is 4.79 Å². The van der Waals surface area contributed by atoms with Gasteiger partial charge in [-0.1, -0.05) is 30.3 Å². The van der Waals surface area contributed by atoms with E-state index < -0.39 is 0 Å². The molecule has 9 nitrogen and oxygen atoms in total. The number of nitrogens with zero attached hydrogens (tertiary/aromatic N) is 4. The van der Waals surface area contributed by atoms with Crippen molar-refractivity contribution in [3.8, 4) is 17.2 Å². The minimum Gasteiger partial charge on any atom is -0.496 e. The molecule has 9 heteroatoms. The molecule has 0 aliphatic carbocycles. The number of aryl methyl sites for hydroxylation is 1. The van der Waals surface area contributed by atoms with E-state index in [1.165, 1.54) is 0 Å². The maximum absolute atomic E-state index is 12.6. The Morgan fingerprint density at radius 2 is 1.69 bits per heavy atom. The van der Waals surface area contributed by atoms with Gasteiger partial charge in [-0.15, -0.1) is 10.2 Å². The first-order valence-electron chi connectivity index (χ1n) is 12.3. The van der Waals surface area contributed by atoms with Crippen LogP contribution in [0.25, 0.3) is 0 Å². The fourth-order valence-electron chi connectivity index (χ4n) is 4.61. The quantitative estimate of drug-likeness (QED) is 0.464. The van der Waals surface area contributed by atoms with E-state index in [1.807, 2.05) is 49.4 Å². The smallest absolute Gasteiger partial charge is 0.220 e. The molecular weight excluding hydrogens is 458 g/mol. The molecule has 2 aromatic carbocycles. The molecule has 1 aromatic heterocycles. The van der Waals surface area contributed by atoms with E-state index >= 15 is 0 Å². The molecule has 1 unspecified atom stereocenters. The standard InChI is InChI=1S/C27H35N5O4/c1-19(28-26(33)11-10-20-8-6-5-7-9-20)27-30-29-25-12-13-31(14-15-32(25)27)18-21-16-23(35-3)24(36-4)17-22(21)34-2/h5-9,16-17,19H,10-15,18H2,1-4H3,(H,28,33). The van der Waals surface area contributed by atoms with Crippen LogP contribution in [-0.2, 0) is 30.7 Å². The highest BCUT2D eigenvalue weighted by Gasteiger charge is 2.24. The average Bonchev–Trinajstić information content (AvgIpc) is 3.21. The van der Waals surface area contributed by atoms with Crippen LogP contribution in [0.5, 0.6) is 17.2 Å². The molecule has 1 aliphatic rings. The van der Waals surface area contributed by atoms with E-state index in [0.717, 1.165) is 54.6 Å². The van der Waals surface area contributed by atoms with Crippen LogP contribution in [0.15, 0.2) is 42.5 Å². The van der Waals surface area contributed by atoms with Gasteiger partial charge in [0.25, 0.3) is 0 Å². The van der Waals surface area contributed by atoms with Gasteiger partial charge in [0.05, 0.1) is 27.4 Å². The number of nitrogens with one attached hydrogen (secondary N) is 1. The Morgan fingerprint density at radius 3 is 2.42 bits per heavy atom. The third-order valence-electron chi connectivity index (χ3n) is 6.58. The Labute approximate surface area is 212 Å². The highest BCUT2D eigenvalue weighted by molar-refractivity contribution is 5.76. The lowest BCUT2D eigenvalue weighted by molar-refractivity contribution is -0.121. The third-order valence-corrected chi connectivity index (χ3v) is 6.58. The lowest BCUT2D eigenvalue weighted by Gasteiger charge is -2.22. The molecule has 36 heavy (non-hydrogen) atoms. The predicted molar refractivity (Wildman–Crippen MR) is 136 cm³/mol. The van der Waals surface area contributed by atoms with Gasteiger partial charge in [0.1, 0.15) is 11.6 Å². The summed E-state index contributed by atoms with van der Waals surface area (Å²) in [5, 5.41) is 12.0. The lowest BCUT2D eigenvalue weighted by Crippen LogP contribution is -2.30. The number of fused-ring (bicyclic) bond motifs is 1. The van der Waals surface area contributed by atoms with Crippen molar-refractivity contribution in [3.63, 3.8) is 0 Å². The van der Waals surface area contributed by atoms with Crippen molar-refractivity contribution < 1.29 is 19.0 Å². The Hall–Kier alpha value is -3.59. The average molecular weight is 494 g/mol. The van der Waals surface area contributed by atoms with E-state index in [1.54, 1.807) is 21.3 Å². The van der Waals surface area contributed by atoms with Crippen molar-refractivity contribution in [1.82, 2.24) is 25.0 Å². The Morgan fingerprint density at radius 1 is 0.972 bits per heavy atom. The second-order valence-corrected chi connectivity index (χ2v) is 8.95. The monoisotopic (exact) mass is 493 g/mol. The largest absolute Gasteiger partial charge is 0.496 e. The minimum absolute atomic E-state index is 0.0134. The molecule has 0 saturated carbocycles. The van der Waals surface area contributed by atoms with Crippen molar-refractivity contribution in [1.29, 1.82) is 0 Å². The summed E-state index contributed by atoms with van der Waals surface area (Å²) < 4.78 is 18.7. The zero-order valence-corrected chi connectivity index (χ0v) is 21.5. The van der Waals surface area contributed by atoms with Crippen LogP contribution in [0.3, 0.4) is 0 Å². The summed E-state index contributed by atoms with van der Waals surface area (Å²) >= 11 is 0. The predicted octanol–water partition coefficient (Wildman–Crippen LogP) is 3.17. The minimum atomic E-state index is -0.216. The number of rotatable bonds is 10. The van der Waals surface area contributed by atoms with Gasteiger partial charge in [0, 0.05) is 50.7 Å². The van der Waals surface area contributed by atoms with Crippen LogP contribution in [0.1, 0.15) is 42.2 Å². The summed E-state index contributed by atoms with van der Waals surface area (Å²) in [4.78, 5) is 14.9. The van der Waals surface area contributed by atoms with Gasteiger partial charge in [0.15, 0.2) is 17.3 Å². The molecule has 192 valence electrons. The molecule has 0 spiro atoms. The van der Waals surface area contributed by atoms with E-state index in [-0.39, 0.29) is 11.9 Å². The fourth-order valence-corrected chi connectivity index (χ4v) is 4.61. The third kappa shape index (κ3) is 5.96. The van der Waals surface area contributed by atoms with Crippen molar-refractivity contribution in [3.05, 3.63) is 65.2 Å². The normalized spacial score (nSPS) is 14.4. The van der Waals surface area contributed by atoms with Gasteiger partial charge in [-0.05, 0) is 25.0 Å². The molecule has 3 aromatic rings. The second-order valence-electron chi connectivity index (χ2n) is 8.95. The summed E-state index contributed by atoms with van der Waals surface area (Å²) in [7, 11) is 4.91. The van der Waals surface area contributed by atoms with Gasteiger partial charge in [-0.2, -0.15) is 0 Å². The Kier molecular flexibility index (Phi) is 8.43. The fraction of sp³-hybridized carbons (Fsp3) is 0.444. The van der Waals surface area contributed by atoms with Crippen LogP contribution in [0, 0.1) is 0 Å². The maximum Gasteiger partial charge on any atom is 0.220 e. The van der Waals surface area contributed by atoms with Gasteiger partial charge >= 0.3 is 0 Å². The number of carbonyl (C=O) groups excluding carboxylic acids is 1. The molecule has 0 saturated heterocycles. The topological polar surface area (TPSA) is 90.7 Å². The number of carbonyl (C=O) groups is 1. The summed E-state index contributed by atoms with van der Waals surface area (Å²) in [5.41, 5.74) is 2.19. The summed E-state index contributed by atoms with van der Waals surface area (Å²) in [6.45, 7) is 5.09. The molecule has 0 radical (unpaired) electrons. The lowest BCUT2D eigenvalue weighted by atomic mass is 10.1. The number of methoxy groups -OCH3 is 3. The Balaban J connectivity index is 1.38. The molecule has 2 heterocycles. The molecule has 1 atom stereocenters. The van der Waals surface area contributed by atoms with Gasteiger partial charge in [-0.3, -0.25) is 9.69 Å². The molecule has 0 bridgehead atoms. The van der Waals surface area contributed by atoms with E-state index in [2.05, 4.69) is 25.0 Å². The first-order chi connectivity index (χ1) is 17.5. The van der Waals surface area contributed by atoms with Crippen molar-refractivity contribution in [2.24, 2.45) is 0 Å². The van der Waals surface area contributed by atoms with Crippen molar-refractivity contribution >= 4 is 5.91 Å². The molecular formula is C27H35N5O4. The first-order valence-corrected chi connectivity index (χ1v) is 12.3. The van der Waals surface area contributed by atoms with Crippen LogP contribution in [0.2, 0.25) is 0 Å². The summed E-state index contributed by atoms with van der Waals surface area (Å²) in [6, 6.07) is 13.7.